The molecule has 2 N–H and O–H groups in total. The molecule has 3 rings (SSSR count). The zero-order valence-corrected chi connectivity index (χ0v) is 12.5. The zero-order chi connectivity index (χ0) is 15.4. The molecule has 0 fully saturated rings. The number of aryl methyl sites for hydroxylation is 1. The molecule has 3 aromatic heterocycles. The van der Waals surface area contributed by atoms with Crippen LogP contribution in [-0.4, -0.2) is 26.0 Å². The van der Waals surface area contributed by atoms with Crippen LogP contribution in [0.25, 0.3) is 10.6 Å². The minimum absolute atomic E-state index is 0.252. The molecule has 0 radical (unpaired) electrons. The number of nitrogens with zero attached hydrogens (tertiary/aromatic N) is 4. The van der Waals surface area contributed by atoms with Crippen molar-refractivity contribution in [2.75, 3.05) is 10.6 Å². The number of thiazole rings is 1. The van der Waals surface area contributed by atoms with Crippen molar-refractivity contribution in [3.05, 3.63) is 47.9 Å². The van der Waals surface area contributed by atoms with Gasteiger partial charge in [0.15, 0.2) is 0 Å². The van der Waals surface area contributed by atoms with E-state index >= 15 is 0 Å². The van der Waals surface area contributed by atoms with Crippen LogP contribution in [0.3, 0.4) is 0 Å². The lowest BCUT2D eigenvalue weighted by molar-refractivity contribution is 0.262. The summed E-state index contributed by atoms with van der Waals surface area (Å²) < 4.78 is 0. The third-order valence-corrected chi connectivity index (χ3v) is 3.58. The van der Waals surface area contributed by atoms with Crippen LogP contribution < -0.4 is 10.6 Å². The smallest absolute Gasteiger partial charge is 0.291 e. The first-order chi connectivity index (χ1) is 10.7. The highest BCUT2D eigenvalue weighted by Crippen LogP contribution is 2.25. The standard InChI is InChI=1S/C14H12N6OS/c1-9-2-7-16-13(17-9)20-14(21)19-11-8-22-12(18-11)10-3-5-15-6-4-10/h2-8H,1H3,(H2,16,17,19,20,21). The van der Waals surface area contributed by atoms with Crippen molar-refractivity contribution in [1.82, 2.24) is 19.9 Å². The van der Waals surface area contributed by atoms with Gasteiger partial charge >= 0.3 is 6.03 Å². The molecular weight excluding hydrogens is 300 g/mol. The number of rotatable bonds is 3. The van der Waals surface area contributed by atoms with Gasteiger partial charge in [-0.2, -0.15) is 0 Å². The average Bonchev–Trinajstić information content (AvgIpc) is 2.96. The fraction of sp³-hybridized carbons (Fsp3) is 0.0714. The third kappa shape index (κ3) is 3.41. The number of amides is 2. The van der Waals surface area contributed by atoms with Crippen molar-refractivity contribution < 1.29 is 4.79 Å². The van der Waals surface area contributed by atoms with Gasteiger partial charge in [-0.15, -0.1) is 11.3 Å². The predicted molar refractivity (Wildman–Crippen MR) is 84.8 cm³/mol. The second kappa shape index (κ2) is 6.27. The average molecular weight is 312 g/mol. The van der Waals surface area contributed by atoms with E-state index in [2.05, 4.69) is 30.6 Å². The fourth-order valence-electron chi connectivity index (χ4n) is 1.72. The van der Waals surface area contributed by atoms with E-state index in [0.717, 1.165) is 16.3 Å². The lowest BCUT2D eigenvalue weighted by atomic mass is 10.3. The normalized spacial score (nSPS) is 10.2. The van der Waals surface area contributed by atoms with E-state index in [1.165, 1.54) is 11.3 Å². The Balaban J connectivity index is 1.66. The molecule has 0 saturated heterocycles. The number of hydrogen-bond acceptors (Lipinski definition) is 6. The summed E-state index contributed by atoms with van der Waals surface area (Å²) in [7, 11) is 0. The van der Waals surface area contributed by atoms with Gasteiger partial charge in [-0.25, -0.2) is 19.7 Å². The number of carbonyl (C=O) groups excluding carboxylic acids is 1. The predicted octanol–water partition coefficient (Wildman–Crippen LogP) is 2.95. The summed E-state index contributed by atoms with van der Waals surface area (Å²) in [5, 5.41) is 7.80. The number of carbonyl (C=O) groups is 1. The highest BCUT2D eigenvalue weighted by Gasteiger charge is 2.09. The maximum Gasteiger partial charge on any atom is 0.327 e. The Morgan fingerprint density at radius 1 is 1.09 bits per heavy atom. The lowest BCUT2D eigenvalue weighted by Crippen LogP contribution is -2.21. The van der Waals surface area contributed by atoms with Crippen molar-refractivity contribution in [3.63, 3.8) is 0 Å². The maximum atomic E-state index is 11.9. The van der Waals surface area contributed by atoms with Crippen LogP contribution in [0.2, 0.25) is 0 Å². The van der Waals surface area contributed by atoms with Crippen molar-refractivity contribution >= 4 is 29.1 Å². The van der Waals surface area contributed by atoms with Crippen LogP contribution in [0.5, 0.6) is 0 Å². The Kier molecular flexibility index (Phi) is 4.01. The number of anilines is 2. The highest BCUT2D eigenvalue weighted by atomic mass is 32.1. The van der Waals surface area contributed by atoms with Gasteiger partial charge in [0, 0.05) is 35.2 Å². The van der Waals surface area contributed by atoms with E-state index in [1.807, 2.05) is 19.1 Å². The molecule has 3 aromatic rings. The van der Waals surface area contributed by atoms with Crippen molar-refractivity contribution in [2.45, 2.75) is 6.92 Å². The first-order valence-electron chi connectivity index (χ1n) is 6.44. The summed E-state index contributed by atoms with van der Waals surface area (Å²) in [6.07, 6.45) is 4.99. The zero-order valence-electron chi connectivity index (χ0n) is 11.6. The molecule has 0 spiro atoms. The summed E-state index contributed by atoms with van der Waals surface area (Å²) in [5.74, 6) is 0.726. The number of urea groups is 1. The van der Waals surface area contributed by atoms with Gasteiger partial charge in [-0.3, -0.25) is 15.6 Å². The van der Waals surface area contributed by atoms with Gasteiger partial charge in [-0.1, -0.05) is 0 Å². The molecule has 0 aliphatic rings. The molecule has 7 nitrogen and oxygen atoms in total. The molecule has 0 atom stereocenters. The number of nitrogens with one attached hydrogen (secondary N) is 2. The Hall–Kier alpha value is -2.87. The number of hydrogen-bond donors (Lipinski definition) is 2. The van der Waals surface area contributed by atoms with Gasteiger partial charge in [0.1, 0.15) is 10.8 Å². The van der Waals surface area contributed by atoms with E-state index in [0.29, 0.717) is 5.82 Å². The van der Waals surface area contributed by atoms with Gasteiger partial charge in [0.05, 0.1) is 0 Å². The summed E-state index contributed by atoms with van der Waals surface area (Å²) in [6.45, 7) is 1.83. The Bertz CT molecular complexity index is 789. The van der Waals surface area contributed by atoms with Crippen molar-refractivity contribution in [1.29, 1.82) is 0 Å². The van der Waals surface area contributed by atoms with Gasteiger partial charge in [-0.05, 0) is 25.1 Å². The minimum Gasteiger partial charge on any atom is -0.291 e. The largest absolute Gasteiger partial charge is 0.327 e. The van der Waals surface area contributed by atoms with Crippen LogP contribution in [-0.2, 0) is 0 Å². The highest BCUT2D eigenvalue weighted by molar-refractivity contribution is 7.13. The van der Waals surface area contributed by atoms with Crippen molar-refractivity contribution in [2.24, 2.45) is 0 Å². The molecule has 8 heteroatoms. The molecule has 2 amide bonds. The maximum absolute atomic E-state index is 11.9. The topological polar surface area (TPSA) is 92.7 Å². The van der Waals surface area contributed by atoms with Crippen LogP contribution in [0, 0.1) is 6.92 Å². The van der Waals surface area contributed by atoms with Crippen LogP contribution >= 0.6 is 11.3 Å². The summed E-state index contributed by atoms with van der Waals surface area (Å²) in [6, 6.07) is 5.05. The van der Waals surface area contributed by atoms with Gasteiger partial charge in [0.2, 0.25) is 5.95 Å². The molecular formula is C14H12N6OS. The van der Waals surface area contributed by atoms with Gasteiger partial charge < -0.3 is 0 Å². The summed E-state index contributed by atoms with van der Waals surface area (Å²) in [5.41, 5.74) is 1.73. The van der Waals surface area contributed by atoms with E-state index < -0.39 is 6.03 Å². The van der Waals surface area contributed by atoms with Crippen LogP contribution in [0.4, 0.5) is 16.6 Å². The van der Waals surface area contributed by atoms with E-state index in [-0.39, 0.29) is 5.95 Å². The molecule has 3 heterocycles. The second-order valence-electron chi connectivity index (χ2n) is 4.37. The van der Waals surface area contributed by atoms with Crippen molar-refractivity contribution in [3.8, 4) is 10.6 Å². The second-order valence-corrected chi connectivity index (χ2v) is 5.23. The Morgan fingerprint density at radius 3 is 2.68 bits per heavy atom. The molecule has 0 unspecified atom stereocenters. The van der Waals surface area contributed by atoms with Gasteiger partial charge in [0.25, 0.3) is 0 Å². The van der Waals surface area contributed by atoms with E-state index in [1.54, 1.807) is 30.0 Å². The minimum atomic E-state index is -0.433. The fourth-order valence-corrected chi connectivity index (χ4v) is 2.47. The molecule has 0 aliphatic heterocycles. The molecule has 22 heavy (non-hydrogen) atoms. The first kappa shape index (κ1) is 14.1. The molecule has 0 saturated carbocycles. The van der Waals surface area contributed by atoms with E-state index in [4.69, 9.17) is 0 Å². The van der Waals surface area contributed by atoms with E-state index in [9.17, 15) is 4.79 Å². The molecule has 0 bridgehead atoms. The molecule has 110 valence electrons. The van der Waals surface area contributed by atoms with Crippen LogP contribution in [0.15, 0.2) is 42.2 Å². The SMILES string of the molecule is Cc1ccnc(NC(=O)Nc2csc(-c3ccncc3)n2)n1. The Morgan fingerprint density at radius 2 is 1.91 bits per heavy atom. The summed E-state index contributed by atoms with van der Waals surface area (Å²) >= 11 is 1.44. The van der Waals surface area contributed by atoms with Crippen LogP contribution in [0.1, 0.15) is 5.69 Å². The summed E-state index contributed by atoms with van der Waals surface area (Å²) in [4.78, 5) is 28.3. The number of aromatic nitrogens is 4. The Labute approximate surface area is 130 Å². The quantitative estimate of drug-likeness (QED) is 0.775. The molecule has 0 aliphatic carbocycles. The monoisotopic (exact) mass is 312 g/mol. The lowest BCUT2D eigenvalue weighted by Gasteiger charge is -2.04. The first-order valence-corrected chi connectivity index (χ1v) is 7.32. The third-order valence-electron chi connectivity index (χ3n) is 2.69. The molecule has 0 aromatic carbocycles. The number of pyridine rings is 1.